The molecule has 2 aromatic rings. The van der Waals surface area contributed by atoms with Gasteiger partial charge in [-0.1, -0.05) is 40.2 Å². The highest BCUT2D eigenvalue weighted by Gasteiger charge is 2.18. The van der Waals surface area contributed by atoms with E-state index in [0.717, 1.165) is 26.5 Å². The third-order valence-corrected chi connectivity index (χ3v) is 3.47. The summed E-state index contributed by atoms with van der Waals surface area (Å²) in [4.78, 5) is 12.0. The van der Waals surface area contributed by atoms with Gasteiger partial charge >= 0.3 is 6.09 Å². The number of carbonyl (C=O) groups is 1. The minimum Gasteiger partial charge on any atom is -0.444 e. The van der Waals surface area contributed by atoms with Crippen LogP contribution < -0.4 is 5.32 Å². The van der Waals surface area contributed by atoms with Gasteiger partial charge in [-0.25, -0.2) is 4.79 Å². The van der Waals surface area contributed by atoms with Crippen molar-refractivity contribution in [2.75, 3.05) is 5.32 Å². The first-order valence-electron chi connectivity index (χ1n) is 6.46. The summed E-state index contributed by atoms with van der Waals surface area (Å²) in [7, 11) is 0. The van der Waals surface area contributed by atoms with E-state index in [-0.39, 0.29) is 0 Å². The normalized spacial score (nSPS) is 11.4. The molecule has 106 valence electrons. The molecule has 1 N–H and O–H groups in total. The van der Waals surface area contributed by atoms with Crippen molar-refractivity contribution in [1.29, 1.82) is 0 Å². The summed E-state index contributed by atoms with van der Waals surface area (Å²) in [6.07, 6.45) is -0.437. The number of fused-ring (bicyclic) bond motifs is 1. The van der Waals surface area contributed by atoms with E-state index in [4.69, 9.17) is 4.74 Å². The van der Waals surface area contributed by atoms with Gasteiger partial charge in [0.1, 0.15) is 5.60 Å². The van der Waals surface area contributed by atoms with Crippen molar-refractivity contribution in [2.24, 2.45) is 0 Å². The highest BCUT2D eigenvalue weighted by Crippen LogP contribution is 2.33. The lowest BCUT2D eigenvalue weighted by Gasteiger charge is -2.21. The Morgan fingerprint density at radius 3 is 2.40 bits per heavy atom. The average Bonchev–Trinajstić information content (AvgIpc) is 2.32. The number of amides is 1. The fourth-order valence-electron chi connectivity index (χ4n) is 2.03. The first-order valence-corrected chi connectivity index (χ1v) is 7.25. The number of ether oxygens (including phenoxy) is 1. The maximum atomic E-state index is 12.0. The topological polar surface area (TPSA) is 38.3 Å². The molecule has 0 heterocycles. The second-order valence-corrected chi connectivity index (χ2v) is 6.58. The summed E-state index contributed by atoms with van der Waals surface area (Å²) in [5.74, 6) is 0. The highest BCUT2D eigenvalue weighted by atomic mass is 79.9. The molecule has 0 aliphatic rings. The van der Waals surface area contributed by atoms with Gasteiger partial charge in [-0.15, -0.1) is 0 Å². The Labute approximate surface area is 127 Å². The Morgan fingerprint density at radius 1 is 1.20 bits per heavy atom. The number of aryl methyl sites for hydroxylation is 1. The lowest BCUT2D eigenvalue weighted by atomic mass is 10.0. The molecule has 4 heteroatoms. The maximum Gasteiger partial charge on any atom is 0.412 e. The van der Waals surface area contributed by atoms with E-state index in [1.54, 1.807) is 0 Å². The van der Waals surface area contributed by atoms with Crippen LogP contribution >= 0.6 is 15.9 Å². The molecular formula is C16H18BrNO2. The first-order chi connectivity index (χ1) is 9.28. The van der Waals surface area contributed by atoms with Crippen LogP contribution in [0.15, 0.2) is 34.8 Å². The van der Waals surface area contributed by atoms with Gasteiger partial charge in [0, 0.05) is 9.86 Å². The van der Waals surface area contributed by atoms with Crippen LogP contribution in [0.3, 0.4) is 0 Å². The van der Waals surface area contributed by atoms with Crippen LogP contribution in [-0.2, 0) is 4.74 Å². The molecule has 1 amide bonds. The molecule has 2 rings (SSSR count). The standard InChI is InChI=1S/C16H18BrNO2/c1-10-9-13(17)11-7-5-6-8-12(11)14(10)18-15(19)20-16(2,3)4/h5-9H,1-4H3,(H,18,19). The number of benzene rings is 2. The molecule has 0 bridgehead atoms. The Balaban J connectivity index is 2.42. The molecule has 0 aromatic heterocycles. The van der Waals surface area contributed by atoms with E-state index >= 15 is 0 Å². The van der Waals surface area contributed by atoms with Crippen LogP contribution in [-0.4, -0.2) is 11.7 Å². The number of anilines is 1. The van der Waals surface area contributed by atoms with Gasteiger partial charge in [-0.05, 0) is 44.7 Å². The summed E-state index contributed by atoms with van der Waals surface area (Å²) in [5.41, 5.74) is 1.27. The zero-order valence-corrected chi connectivity index (χ0v) is 13.7. The lowest BCUT2D eigenvalue weighted by Crippen LogP contribution is -2.27. The fraction of sp³-hybridized carbons (Fsp3) is 0.312. The fourth-order valence-corrected chi connectivity index (χ4v) is 2.72. The summed E-state index contributed by atoms with van der Waals surface area (Å²) in [6, 6.07) is 9.92. The van der Waals surface area contributed by atoms with E-state index in [2.05, 4.69) is 21.2 Å². The quantitative estimate of drug-likeness (QED) is 0.772. The van der Waals surface area contributed by atoms with Gasteiger partial charge in [0.2, 0.25) is 0 Å². The van der Waals surface area contributed by atoms with Crippen LogP contribution in [0.5, 0.6) is 0 Å². The van der Waals surface area contributed by atoms with E-state index in [1.165, 1.54) is 0 Å². The monoisotopic (exact) mass is 335 g/mol. The van der Waals surface area contributed by atoms with Gasteiger partial charge in [0.25, 0.3) is 0 Å². The highest BCUT2D eigenvalue weighted by molar-refractivity contribution is 9.10. The third kappa shape index (κ3) is 3.31. The van der Waals surface area contributed by atoms with Crippen molar-refractivity contribution in [1.82, 2.24) is 0 Å². The maximum absolute atomic E-state index is 12.0. The molecule has 20 heavy (non-hydrogen) atoms. The summed E-state index contributed by atoms with van der Waals surface area (Å²) in [5, 5.41) is 4.91. The predicted octanol–water partition coefficient (Wildman–Crippen LogP) is 5.26. The van der Waals surface area contributed by atoms with E-state index < -0.39 is 11.7 Å². The van der Waals surface area contributed by atoms with E-state index in [1.807, 2.05) is 58.0 Å². The molecule has 2 aromatic carbocycles. The van der Waals surface area contributed by atoms with E-state index in [0.29, 0.717) is 0 Å². The smallest absolute Gasteiger partial charge is 0.412 e. The molecular weight excluding hydrogens is 318 g/mol. The van der Waals surface area contributed by atoms with Crippen LogP contribution in [0.4, 0.5) is 10.5 Å². The Bertz CT molecular complexity index is 659. The van der Waals surface area contributed by atoms with Gasteiger partial charge in [-0.3, -0.25) is 5.32 Å². The number of hydrogen-bond donors (Lipinski definition) is 1. The largest absolute Gasteiger partial charge is 0.444 e. The van der Waals surface area contributed by atoms with Crippen LogP contribution in [0.1, 0.15) is 26.3 Å². The Hall–Kier alpha value is -1.55. The molecule has 0 atom stereocenters. The molecule has 0 saturated heterocycles. The van der Waals surface area contributed by atoms with Crippen LogP contribution in [0.25, 0.3) is 10.8 Å². The molecule has 0 radical (unpaired) electrons. The van der Waals surface area contributed by atoms with Crippen molar-refractivity contribution in [3.63, 3.8) is 0 Å². The van der Waals surface area contributed by atoms with Crippen molar-refractivity contribution in [3.05, 3.63) is 40.4 Å². The Kier molecular flexibility index (Phi) is 4.04. The number of halogens is 1. The van der Waals surface area contributed by atoms with Crippen molar-refractivity contribution in [2.45, 2.75) is 33.3 Å². The van der Waals surface area contributed by atoms with Gasteiger partial charge < -0.3 is 4.74 Å². The number of hydrogen-bond acceptors (Lipinski definition) is 2. The van der Waals surface area contributed by atoms with E-state index in [9.17, 15) is 4.79 Å². The molecule has 0 aliphatic carbocycles. The third-order valence-electron chi connectivity index (χ3n) is 2.82. The van der Waals surface area contributed by atoms with Crippen molar-refractivity contribution >= 4 is 38.5 Å². The zero-order chi connectivity index (χ0) is 14.9. The van der Waals surface area contributed by atoms with Crippen molar-refractivity contribution < 1.29 is 9.53 Å². The second kappa shape index (κ2) is 5.44. The molecule has 0 saturated carbocycles. The zero-order valence-electron chi connectivity index (χ0n) is 12.1. The number of rotatable bonds is 1. The minimum absolute atomic E-state index is 0.437. The molecule has 0 aliphatic heterocycles. The molecule has 0 fully saturated rings. The van der Waals surface area contributed by atoms with Gasteiger partial charge in [0.05, 0.1) is 5.69 Å². The number of carbonyl (C=O) groups excluding carboxylic acids is 1. The van der Waals surface area contributed by atoms with Crippen molar-refractivity contribution in [3.8, 4) is 0 Å². The molecule has 3 nitrogen and oxygen atoms in total. The predicted molar refractivity (Wildman–Crippen MR) is 86.2 cm³/mol. The summed E-state index contributed by atoms with van der Waals surface area (Å²) < 4.78 is 6.33. The minimum atomic E-state index is -0.511. The van der Waals surface area contributed by atoms with Crippen LogP contribution in [0.2, 0.25) is 0 Å². The SMILES string of the molecule is Cc1cc(Br)c2ccccc2c1NC(=O)OC(C)(C)C. The average molecular weight is 336 g/mol. The lowest BCUT2D eigenvalue weighted by molar-refractivity contribution is 0.0636. The summed E-state index contributed by atoms with van der Waals surface area (Å²) in [6.45, 7) is 7.50. The number of nitrogens with one attached hydrogen (secondary N) is 1. The first kappa shape index (κ1) is 14.9. The van der Waals surface area contributed by atoms with Gasteiger partial charge in [0.15, 0.2) is 0 Å². The van der Waals surface area contributed by atoms with Crippen LogP contribution in [0, 0.1) is 6.92 Å². The summed E-state index contributed by atoms with van der Waals surface area (Å²) >= 11 is 3.55. The molecule has 0 unspecified atom stereocenters. The Morgan fingerprint density at radius 2 is 1.80 bits per heavy atom. The van der Waals surface area contributed by atoms with Gasteiger partial charge in [-0.2, -0.15) is 0 Å². The second-order valence-electron chi connectivity index (χ2n) is 5.72. The molecule has 0 spiro atoms.